The maximum absolute atomic E-state index is 12.8. The largest absolute Gasteiger partial charge is 0.497 e. The normalized spacial score (nSPS) is 10.8. The highest BCUT2D eigenvalue weighted by Crippen LogP contribution is 2.33. The van der Waals surface area contributed by atoms with Crippen molar-refractivity contribution in [2.75, 3.05) is 19.5 Å². The van der Waals surface area contributed by atoms with Crippen LogP contribution in [0.4, 0.5) is 5.69 Å². The Bertz CT molecular complexity index is 1240. The molecule has 0 fully saturated rings. The number of anilines is 1. The molecular weight excluding hydrogens is 416 g/mol. The Morgan fingerprint density at radius 2 is 1.77 bits per heavy atom. The third-order valence-electron chi connectivity index (χ3n) is 4.93. The van der Waals surface area contributed by atoms with Crippen molar-refractivity contribution in [2.24, 2.45) is 0 Å². The quantitative estimate of drug-likeness (QED) is 0.402. The predicted molar refractivity (Wildman–Crippen MR) is 121 cm³/mol. The number of aromatic nitrogens is 1. The first-order chi connectivity index (χ1) is 15.0. The highest BCUT2D eigenvalue weighted by Gasteiger charge is 2.15. The number of carbonyl (C=O) groups is 1. The first-order valence-corrected chi connectivity index (χ1v) is 10.1. The van der Waals surface area contributed by atoms with Crippen LogP contribution in [0.5, 0.6) is 11.5 Å². The molecule has 0 radical (unpaired) electrons. The molecule has 0 aliphatic rings. The van der Waals surface area contributed by atoms with Crippen LogP contribution in [0.2, 0.25) is 5.02 Å². The number of rotatable bonds is 6. The van der Waals surface area contributed by atoms with Gasteiger partial charge in [0, 0.05) is 17.3 Å². The molecule has 1 N–H and O–H groups in total. The zero-order valence-electron chi connectivity index (χ0n) is 17.4. The third-order valence-corrected chi connectivity index (χ3v) is 5.26. The fourth-order valence-electron chi connectivity index (χ4n) is 3.22. The van der Waals surface area contributed by atoms with Gasteiger partial charge in [0.25, 0.3) is 5.91 Å². The maximum Gasteiger partial charge on any atom is 0.255 e. The molecule has 0 unspecified atom stereocenters. The lowest BCUT2D eigenvalue weighted by Crippen LogP contribution is -2.12. The Morgan fingerprint density at radius 3 is 2.45 bits per heavy atom. The number of aryl methyl sites for hydroxylation is 1. The topological polar surface area (TPSA) is 73.6 Å². The molecule has 0 saturated heterocycles. The van der Waals surface area contributed by atoms with Crippen LogP contribution < -0.4 is 14.8 Å². The fourth-order valence-corrected chi connectivity index (χ4v) is 3.42. The number of benzene rings is 3. The van der Waals surface area contributed by atoms with Crippen LogP contribution in [0.3, 0.4) is 0 Å². The Balaban J connectivity index is 1.65. The summed E-state index contributed by atoms with van der Waals surface area (Å²) >= 11 is 6.40. The molecule has 3 aromatic carbocycles. The number of nitrogens with zero attached hydrogens (tertiary/aromatic N) is 1. The van der Waals surface area contributed by atoms with Gasteiger partial charge in [0.15, 0.2) is 5.58 Å². The van der Waals surface area contributed by atoms with Crippen molar-refractivity contribution in [1.29, 1.82) is 0 Å². The van der Waals surface area contributed by atoms with Crippen LogP contribution >= 0.6 is 11.6 Å². The van der Waals surface area contributed by atoms with Crippen molar-refractivity contribution in [3.8, 4) is 23.0 Å². The lowest BCUT2D eigenvalue weighted by atomic mass is 10.1. The van der Waals surface area contributed by atoms with E-state index in [9.17, 15) is 4.79 Å². The van der Waals surface area contributed by atoms with Gasteiger partial charge in [0.2, 0.25) is 5.89 Å². The molecule has 0 atom stereocenters. The minimum absolute atomic E-state index is 0.310. The zero-order valence-corrected chi connectivity index (χ0v) is 18.1. The molecule has 0 bridgehead atoms. The molecule has 6 nitrogen and oxygen atoms in total. The molecule has 158 valence electrons. The molecule has 4 aromatic rings. The van der Waals surface area contributed by atoms with Gasteiger partial charge in [0.05, 0.1) is 24.8 Å². The van der Waals surface area contributed by atoms with E-state index in [1.165, 1.54) is 19.8 Å². The Kier molecular flexibility index (Phi) is 5.82. The first kappa shape index (κ1) is 20.8. The van der Waals surface area contributed by atoms with Gasteiger partial charge in [-0.1, -0.05) is 24.6 Å². The highest BCUT2D eigenvalue weighted by atomic mass is 35.5. The van der Waals surface area contributed by atoms with Crippen LogP contribution in [-0.2, 0) is 6.42 Å². The van der Waals surface area contributed by atoms with Gasteiger partial charge in [-0.05, 0) is 54.4 Å². The lowest BCUT2D eigenvalue weighted by molar-refractivity contribution is 0.102. The van der Waals surface area contributed by atoms with E-state index in [1.807, 2.05) is 18.2 Å². The summed E-state index contributed by atoms with van der Waals surface area (Å²) in [5.74, 6) is 1.14. The smallest absolute Gasteiger partial charge is 0.255 e. The van der Waals surface area contributed by atoms with E-state index >= 15 is 0 Å². The summed E-state index contributed by atoms with van der Waals surface area (Å²) in [7, 11) is 3.07. The van der Waals surface area contributed by atoms with E-state index in [0.717, 1.165) is 11.9 Å². The minimum Gasteiger partial charge on any atom is -0.497 e. The second kappa shape index (κ2) is 8.70. The first-order valence-electron chi connectivity index (χ1n) is 9.74. The van der Waals surface area contributed by atoms with Crippen molar-refractivity contribution >= 4 is 34.3 Å². The number of carbonyl (C=O) groups excluding carboxylic acids is 1. The number of ether oxygens (including phenoxy) is 2. The van der Waals surface area contributed by atoms with Crippen molar-refractivity contribution in [3.63, 3.8) is 0 Å². The molecule has 0 saturated carbocycles. The van der Waals surface area contributed by atoms with Gasteiger partial charge in [-0.25, -0.2) is 4.98 Å². The Labute approximate surface area is 184 Å². The monoisotopic (exact) mass is 436 g/mol. The minimum atomic E-state index is -0.310. The molecule has 0 aliphatic heterocycles. The second-order valence-electron chi connectivity index (χ2n) is 6.92. The molecule has 4 rings (SSSR count). The van der Waals surface area contributed by atoms with E-state index in [1.54, 1.807) is 36.4 Å². The van der Waals surface area contributed by atoms with Gasteiger partial charge in [-0.15, -0.1) is 0 Å². The van der Waals surface area contributed by atoms with Crippen molar-refractivity contribution in [3.05, 3.63) is 70.7 Å². The van der Waals surface area contributed by atoms with E-state index in [0.29, 0.717) is 44.8 Å². The maximum atomic E-state index is 12.8. The molecule has 1 amide bonds. The second-order valence-corrected chi connectivity index (χ2v) is 7.33. The number of halogens is 1. The Morgan fingerprint density at radius 1 is 1.03 bits per heavy atom. The van der Waals surface area contributed by atoms with E-state index in [4.69, 9.17) is 25.5 Å². The van der Waals surface area contributed by atoms with Crippen molar-refractivity contribution in [1.82, 2.24) is 4.98 Å². The molecule has 1 aromatic heterocycles. The van der Waals surface area contributed by atoms with Crippen LogP contribution in [0.25, 0.3) is 22.6 Å². The molecule has 0 aliphatic carbocycles. The van der Waals surface area contributed by atoms with E-state index < -0.39 is 0 Å². The van der Waals surface area contributed by atoms with Gasteiger partial charge < -0.3 is 19.2 Å². The van der Waals surface area contributed by atoms with Crippen LogP contribution in [0.15, 0.2) is 59.0 Å². The number of methoxy groups -OCH3 is 2. The summed E-state index contributed by atoms with van der Waals surface area (Å²) in [5.41, 5.74) is 4.18. The molecule has 31 heavy (non-hydrogen) atoms. The number of nitrogens with one attached hydrogen (secondary N) is 1. The average molecular weight is 437 g/mol. The van der Waals surface area contributed by atoms with Gasteiger partial charge in [0.1, 0.15) is 17.0 Å². The van der Waals surface area contributed by atoms with E-state index in [-0.39, 0.29) is 5.91 Å². The van der Waals surface area contributed by atoms with Gasteiger partial charge in [-0.2, -0.15) is 0 Å². The molecule has 0 spiro atoms. The summed E-state index contributed by atoms with van der Waals surface area (Å²) in [6.45, 7) is 2.09. The summed E-state index contributed by atoms with van der Waals surface area (Å²) in [6, 6.07) is 16.1. The number of hydrogen-bond acceptors (Lipinski definition) is 5. The SMILES string of the molecule is CCc1ccc2oc(-c3cc(NC(=O)c4cc(OC)cc(OC)c4)ccc3Cl)nc2c1. The van der Waals surface area contributed by atoms with Gasteiger partial charge >= 0.3 is 0 Å². The van der Waals surface area contributed by atoms with E-state index in [2.05, 4.69) is 17.2 Å². The molecular formula is C24H21ClN2O4. The molecule has 7 heteroatoms. The number of amides is 1. The van der Waals surface area contributed by atoms with Crippen LogP contribution in [0, 0.1) is 0 Å². The lowest BCUT2D eigenvalue weighted by Gasteiger charge is -2.10. The summed E-state index contributed by atoms with van der Waals surface area (Å²) in [6.07, 6.45) is 0.912. The summed E-state index contributed by atoms with van der Waals surface area (Å²) in [5, 5.41) is 3.35. The van der Waals surface area contributed by atoms with Crippen molar-refractivity contribution < 1.29 is 18.7 Å². The zero-order chi connectivity index (χ0) is 22.0. The van der Waals surface area contributed by atoms with Crippen LogP contribution in [-0.4, -0.2) is 25.1 Å². The number of fused-ring (bicyclic) bond motifs is 1. The highest BCUT2D eigenvalue weighted by molar-refractivity contribution is 6.33. The third kappa shape index (κ3) is 4.34. The molecule has 1 heterocycles. The standard InChI is InChI=1S/C24H21ClN2O4/c1-4-14-5-8-22-21(9-14)27-24(31-22)19-12-16(6-7-20(19)25)26-23(28)15-10-17(29-2)13-18(11-15)30-3/h5-13H,4H2,1-3H3,(H,26,28). The predicted octanol–water partition coefficient (Wildman–Crippen LogP) is 5.98. The Hall–Kier alpha value is -3.51. The average Bonchev–Trinajstić information content (AvgIpc) is 3.22. The summed E-state index contributed by atoms with van der Waals surface area (Å²) in [4.78, 5) is 17.4. The summed E-state index contributed by atoms with van der Waals surface area (Å²) < 4.78 is 16.4. The fraction of sp³-hybridized carbons (Fsp3) is 0.167. The van der Waals surface area contributed by atoms with Crippen LogP contribution in [0.1, 0.15) is 22.8 Å². The number of hydrogen-bond donors (Lipinski definition) is 1. The van der Waals surface area contributed by atoms with Crippen molar-refractivity contribution in [2.45, 2.75) is 13.3 Å². The van der Waals surface area contributed by atoms with Gasteiger partial charge in [-0.3, -0.25) is 4.79 Å². The number of oxazole rings is 1.